The Bertz CT molecular complexity index is 938. The number of unbranched alkanes of at least 4 members (excludes halogenated alkanes) is 1. The van der Waals surface area contributed by atoms with E-state index in [1.54, 1.807) is 28.9 Å². The molecule has 0 bridgehead atoms. The molecular formula is C27H34Hf. The molecule has 0 aromatic heterocycles. The SMILES string of the molecule is CC1=C(C)C(C)(C)[C]([Hf][c]2cccc3c2Cc2ccccc2-3)=C1C.CCCC. The molecule has 0 fully saturated rings. The van der Waals surface area contributed by atoms with E-state index in [0.29, 0.717) is 0 Å². The average molecular weight is 537 g/mol. The first-order valence-corrected chi connectivity index (χ1v) is 14.3. The van der Waals surface area contributed by atoms with E-state index < -0.39 is 22.9 Å². The second kappa shape index (κ2) is 8.66. The standard InChI is InChI=1S/C13H9.C10H15.C4H10.Hf/c1-3-7-12-10(5-1)9-11-6-2-4-8-13(11)12;1-7-6-10(4,5)9(3)8(7)2;1-3-4-2;/h1-5,7-8H,9H2;1-5H3;3-4H2,1-2H3;. The van der Waals surface area contributed by atoms with Crippen LogP contribution < -0.4 is 3.32 Å². The van der Waals surface area contributed by atoms with Crippen molar-refractivity contribution < 1.29 is 22.9 Å². The quantitative estimate of drug-likeness (QED) is 0.305. The Labute approximate surface area is 183 Å². The average Bonchev–Trinajstić information content (AvgIpc) is 3.15. The molecule has 0 saturated heterocycles. The topological polar surface area (TPSA) is 0 Å². The fourth-order valence-electron chi connectivity index (χ4n) is 4.25. The Morgan fingerprint density at radius 1 is 0.821 bits per heavy atom. The van der Waals surface area contributed by atoms with Crippen LogP contribution in [-0.4, -0.2) is 0 Å². The fourth-order valence-corrected chi connectivity index (χ4v) is 10.4. The predicted molar refractivity (Wildman–Crippen MR) is 120 cm³/mol. The van der Waals surface area contributed by atoms with Crippen LogP contribution in [0.1, 0.15) is 72.4 Å². The van der Waals surface area contributed by atoms with Crippen molar-refractivity contribution in [3.63, 3.8) is 0 Å². The van der Waals surface area contributed by atoms with Crippen LogP contribution in [0.2, 0.25) is 0 Å². The van der Waals surface area contributed by atoms with E-state index in [2.05, 4.69) is 90.9 Å². The van der Waals surface area contributed by atoms with Gasteiger partial charge in [0.25, 0.3) is 0 Å². The van der Waals surface area contributed by atoms with Gasteiger partial charge >= 0.3 is 157 Å². The van der Waals surface area contributed by atoms with Crippen LogP contribution in [-0.2, 0) is 29.3 Å². The van der Waals surface area contributed by atoms with E-state index in [-0.39, 0.29) is 5.41 Å². The van der Waals surface area contributed by atoms with Crippen LogP contribution in [0.3, 0.4) is 0 Å². The zero-order valence-electron chi connectivity index (χ0n) is 18.7. The van der Waals surface area contributed by atoms with Crippen LogP contribution in [0.25, 0.3) is 11.1 Å². The number of benzene rings is 2. The smallest absolute Gasteiger partial charge is 0.0564 e. The summed E-state index contributed by atoms with van der Waals surface area (Å²) in [5.74, 6) is 0. The zero-order chi connectivity index (χ0) is 20.5. The molecule has 1 heteroatoms. The molecule has 2 aromatic rings. The molecule has 146 valence electrons. The molecule has 0 heterocycles. The van der Waals surface area contributed by atoms with Crippen molar-refractivity contribution in [1.29, 1.82) is 0 Å². The maximum atomic E-state index is 2.43. The third-order valence-corrected chi connectivity index (χ3v) is 13.8. The zero-order valence-corrected chi connectivity index (χ0v) is 22.3. The molecule has 28 heavy (non-hydrogen) atoms. The van der Waals surface area contributed by atoms with E-state index >= 15 is 0 Å². The second-order valence-corrected chi connectivity index (χ2v) is 13.3. The van der Waals surface area contributed by atoms with E-state index in [4.69, 9.17) is 0 Å². The minimum Gasteiger partial charge on any atom is -0.0654 e. The van der Waals surface area contributed by atoms with Crippen LogP contribution in [0.5, 0.6) is 0 Å². The first-order chi connectivity index (χ1) is 13.3. The number of hydrogen-bond donors (Lipinski definition) is 0. The summed E-state index contributed by atoms with van der Waals surface area (Å²) < 4.78 is 3.50. The van der Waals surface area contributed by atoms with Gasteiger partial charge in [-0.1, -0.05) is 26.7 Å². The van der Waals surface area contributed by atoms with Gasteiger partial charge in [-0.05, 0) is 0 Å². The van der Waals surface area contributed by atoms with Crippen LogP contribution >= 0.6 is 0 Å². The molecule has 4 rings (SSSR count). The van der Waals surface area contributed by atoms with Crippen molar-refractivity contribution in [2.24, 2.45) is 5.41 Å². The molecule has 0 N–H and O–H groups in total. The summed E-state index contributed by atoms with van der Waals surface area (Å²) in [6.07, 6.45) is 3.77. The van der Waals surface area contributed by atoms with Gasteiger partial charge in [0.1, 0.15) is 0 Å². The van der Waals surface area contributed by atoms with Gasteiger partial charge in [0, 0.05) is 0 Å². The molecule has 0 saturated carbocycles. The summed E-state index contributed by atoms with van der Waals surface area (Å²) in [5.41, 5.74) is 11.1. The van der Waals surface area contributed by atoms with Crippen molar-refractivity contribution >= 4 is 3.32 Å². The Hall–Kier alpha value is -1.21. The maximum absolute atomic E-state index is 2.43. The van der Waals surface area contributed by atoms with Gasteiger partial charge in [0.05, 0.1) is 0 Å². The van der Waals surface area contributed by atoms with Gasteiger partial charge in [-0.2, -0.15) is 0 Å². The Balaban J connectivity index is 0.000000516. The van der Waals surface area contributed by atoms with Gasteiger partial charge in [-0.3, -0.25) is 0 Å². The monoisotopic (exact) mass is 538 g/mol. The van der Waals surface area contributed by atoms with Gasteiger partial charge in [0.15, 0.2) is 0 Å². The molecule has 0 unspecified atom stereocenters. The van der Waals surface area contributed by atoms with Crippen LogP contribution in [0, 0.1) is 5.41 Å². The van der Waals surface area contributed by atoms with Gasteiger partial charge < -0.3 is 0 Å². The first-order valence-electron chi connectivity index (χ1n) is 10.7. The first kappa shape index (κ1) is 21.5. The predicted octanol–water partition coefficient (Wildman–Crippen LogP) is 7.42. The molecule has 0 radical (unpaired) electrons. The second-order valence-electron chi connectivity index (χ2n) is 8.67. The van der Waals surface area contributed by atoms with Crippen molar-refractivity contribution in [2.75, 3.05) is 0 Å². The number of hydrogen-bond acceptors (Lipinski definition) is 0. The summed E-state index contributed by atoms with van der Waals surface area (Å²) in [5, 5.41) is 0. The summed E-state index contributed by atoms with van der Waals surface area (Å²) in [4.78, 5) is 0. The summed E-state index contributed by atoms with van der Waals surface area (Å²) in [6.45, 7) is 16.2. The number of allylic oxidation sites excluding steroid dienone is 4. The molecular weight excluding hydrogens is 503 g/mol. The van der Waals surface area contributed by atoms with Crippen molar-refractivity contribution in [3.05, 3.63) is 73.6 Å². The minimum absolute atomic E-state index is 0.269. The third kappa shape index (κ3) is 3.80. The van der Waals surface area contributed by atoms with Crippen LogP contribution in [0.15, 0.2) is 62.5 Å². The fraction of sp³-hybridized carbons (Fsp3) is 0.407. The van der Waals surface area contributed by atoms with Crippen LogP contribution in [0.4, 0.5) is 0 Å². The summed E-state index contributed by atoms with van der Waals surface area (Å²) in [7, 11) is 0. The van der Waals surface area contributed by atoms with Gasteiger partial charge in [-0.15, -0.1) is 0 Å². The Morgan fingerprint density at radius 3 is 2.07 bits per heavy atom. The Kier molecular flexibility index (Phi) is 6.65. The molecule has 0 spiro atoms. The van der Waals surface area contributed by atoms with Gasteiger partial charge in [0.2, 0.25) is 0 Å². The van der Waals surface area contributed by atoms with Crippen molar-refractivity contribution in [3.8, 4) is 11.1 Å². The summed E-state index contributed by atoms with van der Waals surface area (Å²) >= 11 is -1.06. The van der Waals surface area contributed by atoms with Crippen molar-refractivity contribution in [1.82, 2.24) is 0 Å². The van der Waals surface area contributed by atoms with E-state index in [0.717, 1.165) is 6.42 Å². The number of rotatable bonds is 3. The van der Waals surface area contributed by atoms with Gasteiger partial charge in [-0.25, -0.2) is 0 Å². The molecule has 0 amide bonds. The Morgan fingerprint density at radius 2 is 1.46 bits per heavy atom. The minimum atomic E-state index is -1.06. The van der Waals surface area contributed by atoms with Crippen molar-refractivity contribution in [2.45, 2.75) is 67.7 Å². The molecule has 2 aromatic carbocycles. The normalized spacial score (nSPS) is 16.5. The molecule has 2 aliphatic rings. The number of fused-ring (bicyclic) bond motifs is 3. The molecule has 0 nitrogen and oxygen atoms in total. The van der Waals surface area contributed by atoms with E-state index in [9.17, 15) is 0 Å². The maximum Gasteiger partial charge on any atom is -0.0564 e. The summed E-state index contributed by atoms with van der Waals surface area (Å²) in [6, 6.07) is 16.0. The molecule has 0 aliphatic heterocycles. The van der Waals surface area contributed by atoms with E-state index in [1.807, 2.05) is 0 Å². The molecule has 0 atom stereocenters. The van der Waals surface area contributed by atoms with E-state index in [1.165, 1.54) is 29.5 Å². The molecule has 2 aliphatic carbocycles. The largest absolute Gasteiger partial charge is 0.0654 e. The third-order valence-electron chi connectivity index (χ3n) is 6.67.